The summed E-state index contributed by atoms with van der Waals surface area (Å²) in [7, 11) is 0. The maximum absolute atomic E-state index is 11.4. The lowest BCUT2D eigenvalue weighted by Crippen LogP contribution is -2.31. The lowest BCUT2D eigenvalue weighted by atomic mass is 10.2. The van der Waals surface area contributed by atoms with E-state index >= 15 is 0 Å². The molecule has 0 aliphatic heterocycles. The van der Waals surface area contributed by atoms with Crippen molar-refractivity contribution < 1.29 is 4.79 Å². The number of hydrogen-bond acceptors (Lipinski definition) is 3. The Morgan fingerprint density at radius 1 is 1.30 bits per heavy atom. The first-order valence-corrected chi connectivity index (χ1v) is 7.01. The number of carbonyl (C=O) groups excluding carboxylic acids is 1. The molecule has 0 aliphatic carbocycles. The SMILES string of the molecule is CC(C)C(=O)NCCNc1ccnc2cc(Cl)ccc12. The number of hydrogen-bond donors (Lipinski definition) is 2. The largest absolute Gasteiger partial charge is 0.383 e. The molecule has 0 radical (unpaired) electrons. The number of aromatic nitrogens is 1. The fourth-order valence-corrected chi connectivity index (χ4v) is 2.03. The summed E-state index contributed by atoms with van der Waals surface area (Å²) in [5.41, 5.74) is 1.85. The first-order chi connectivity index (χ1) is 9.58. The number of halogens is 1. The Hall–Kier alpha value is -1.81. The first kappa shape index (κ1) is 14.6. The minimum absolute atomic E-state index is 0.0129. The van der Waals surface area contributed by atoms with Gasteiger partial charge in [0.05, 0.1) is 5.52 Å². The Labute approximate surface area is 123 Å². The zero-order chi connectivity index (χ0) is 14.5. The maximum atomic E-state index is 11.4. The van der Waals surface area contributed by atoms with Crippen molar-refractivity contribution in [3.8, 4) is 0 Å². The molecular weight excluding hydrogens is 274 g/mol. The fraction of sp³-hybridized carbons (Fsp3) is 0.333. The molecule has 0 aliphatic rings. The van der Waals surface area contributed by atoms with Crippen LogP contribution < -0.4 is 10.6 Å². The van der Waals surface area contributed by atoms with Gasteiger partial charge in [-0.15, -0.1) is 0 Å². The van der Waals surface area contributed by atoms with Crippen LogP contribution in [0.1, 0.15) is 13.8 Å². The summed E-state index contributed by atoms with van der Waals surface area (Å²) in [6, 6.07) is 7.54. The normalized spacial score (nSPS) is 10.8. The molecule has 1 heterocycles. The van der Waals surface area contributed by atoms with Gasteiger partial charge in [-0.3, -0.25) is 9.78 Å². The van der Waals surface area contributed by atoms with Crippen molar-refractivity contribution >= 4 is 34.1 Å². The molecule has 0 spiro atoms. The second-order valence-electron chi connectivity index (χ2n) is 4.89. The van der Waals surface area contributed by atoms with E-state index < -0.39 is 0 Å². The second-order valence-corrected chi connectivity index (χ2v) is 5.33. The fourth-order valence-electron chi connectivity index (χ4n) is 1.86. The van der Waals surface area contributed by atoms with Crippen molar-refractivity contribution in [2.45, 2.75) is 13.8 Å². The molecule has 106 valence electrons. The van der Waals surface area contributed by atoms with Crippen LogP contribution >= 0.6 is 11.6 Å². The number of carbonyl (C=O) groups is 1. The van der Waals surface area contributed by atoms with Crippen LogP contribution in [-0.2, 0) is 4.79 Å². The van der Waals surface area contributed by atoms with Crippen molar-refractivity contribution in [2.24, 2.45) is 5.92 Å². The number of nitrogens with zero attached hydrogens (tertiary/aromatic N) is 1. The van der Waals surface area contributed by atoms with Crippen LogP contribution in [-0.4, -0.2) is 24.0 Å². The number of amides is 1. The Kier molecular flexibility index (Phi) is 4.79. The van der Waals surface area contributed by atoms with Crippen LogP contribution in [0.3, 0.4) is 0 Å². The zero-order valence-electron chi connectivity index (χ0n) is 11.6. The van der Waals surface area contributed by atoms with Crippen LogP contribution in [0.2, 0.25) is 5.02 Å². The average molecular weight is 292 g/mol. The molecule has 5 heteroatoms. The number of nitrogens with one attached hydrogen (secondary N) is 2. The third-order valence-electron chi connectivity index (χ3n) is 2.97. The molecule has 4 nitrogen and oxygen atoms in total. The van der Waals surface area contributed by atoms with Crippen molar-refractivity contribution in [1.82, 2.24) is 10.3 Å². The molecule has 2 aromatic rings. The molecule has 0 unspecified atom stereocenters. The van der Waals surface area contributed by atoms with Gasteiger partial charge in [0.25, 0.3) is 0 Å². The van der Waals surface area contributed by atoms with Gasteiger partial charge in [-0.1, -0.05) is 25.4 Å². The Bertz CT molecular complexity index is 613. The van der Waals surface area contributed by atoms with E-state index in [4.69, 9.17) is 11.6 Å². The minimum atomic E-state index is 0.0129. The van der Waals surface area contributed by atoms with Crippen molar-refractivity contribution in [2.75, 3.05) is 18.4 Å². The average Bonchev–Trinajstić information content (AvgIpc) is 2.42. The third kappa shape index (κ3) is 3.61. The topological polar surface area (TPSA) is 54.0 Å². The van der Waals surface area contributed by atoms with Gasteiger partial charge in [-0.25, -0.2) is 0 Å². The molecule has 0 atom stereocenters. The molecule has 1 aromatic carbocycles. The Balaban J connectivity index is 1.98. The summed E-state index contributed by atoms with van der Waals surface area (Å²) >= 11 is 5.95. The Morgan fingerprint density at radius 3 is 2.85 bits per heavy atom. The van der Waals surface area contributed by atoms with E-state index in [0.717, 1.165) is 16.6 Å². The first-order valence-electron chi connectivity index (χ1n) is 6.64. The van der Waals surface area contributed by atoms with E-state index in [9.17, 15) is 4.79 Å². The third-order valence-corrected chi connectivity index (χ3v) is 3.20. The van der Waals surface area contributed by atoms with Gasteiger partial charge < -0.3 is 10.6 Å². The zero-order valence-corrected chi connectivity index (χ0v) is 12.4. The lowest BCUT2D eigenvalue weighted by Gasteiger charge is -2.11. The summed E-state index contributed by atoms with van der Waals surface area (Å²) in [6.45, 7) is 5.01. The quantitative estimate of drug-likeness (QED) is 0.833. The number of fused-ring (bicyclic) bond motifs is 1. The van der Waals surface area contributed by atoms with E-state index in [2.05, 4.69) is 15.6 Å². The van der Waals surface area contributed by atoms with Crippen LogP contribution in [0.4, 0.5) is 5.69 Å². The van der Waals surface area contributed by atoms with E-state index in [1.807, 2.05) is 38.1 Å². The molecule has 0 saturated carbocycles. The molecule has 1 amide bonds. The van der Waals surface area contributed by atoms with Gasteiger partial charge in [-0.2, -0.15) is 0 Å². The van der Waals surface area contributed by atoms with E-state index in [1.165, 1.54) is 0 Å². The molecule has 0 fully saturated rings. The lowest BCUT2D eigenvalue weighted by molar-refractivity contribution is -0.123. The number of pyridine rings is 1. The summed E-state index contributed by atoms with van der Waals surface area (Å²) in [6.07, 6.45) is 1.74. The minimum Gasteiger partial charge on any atom is -0.383 e. The molecule has 0 saturated heterocycles. The molecular formula is C15H18ClN3O. The molecule has 0 bridgehead atoms. The van der Waals surface area contributed by atoms with E-state index in [-0.39, 0.29) is 11.8 Å². The second kappa shape index (κ2) is 6.57. The van der Waals surface area contributed by atoms with Crippen molar-refractivity contribution in [3.05, 3.63) is 35.5 Å². The van der Waals surface area contributed by atoms with Gasteiger partial charge in [0.15, 0.2) is 0 Å². The summed E-state index contributed by atoms with van der Waals surface area (Å²) in [4.78, 5) is 15.7. The number of anilines is 1. The summed E-state index contributed by atoms with van der Waals surface area (Å²) in [5, 5.41) is 7.87. The van der Waals surface area contributed by atoms with E-state index in [1.54, 1.807) is 6.20 Å². The van der Waals surface area contributed by atoms with Crippen molar-refractivity contribution in [1.29, 1.82) is 0 Å². The van der Waals surface area contributed by atoms with Gasteiger partial charge in [0.2, 0.25) is 5.91 Å². The summed E-state index contributed by atoms with van der Waals surface area (Å²) in [5.74, 6) is 0.0806. The Morgan fingerprint density at radius 2 is 2.10 bits per heavy atom. The smallest absolute Gasteiger partial charge is 0.222 e. The van der Waals surface area contributed by atoms with Crippen LogP contribution in [0.25, 0.3) is 10.9 Å². The highest BCUT2D eigenvalue weighted by Gasteiger charge is 2.05. The van der Waals surface area contributed by atoms with Gasteiger partial charge in [0, 0.05) is 41.3 Å². The maximum Gasteiger partial charge on any atom is 0.222 e. The monoisotopic (exact) mass is 291 g/mol. The van der Waals surface area contributed by atoms with Crippen LogP contribution in [0.5, 0.6) is 0 Å². The van der Waals surface area contributed by atoms with Gasteiger partial charge in [0.1, 0.15) is 0 Å². The highest BCUT2D eigenvalue weighted by Crippen LogP contribution is 2.23. The van der Waals surface area contributed by atoms with Crippen LogP contribution in [0.15, 0.2) is 30.5 Å². The summed E-state index contributed by atoms with van der Waals surface area (Å²) < 4.78 is 0. The standard InChI is InChI=1S/C15H18ClN3O/c1-10(2)15(20)19-8-7-18-13-5-6-17-14-9-11(16)3-4-12(13)14/h3-6,9-10H,7-8H2,1-2H3,(H,17,18)(H,19,20). The highest BCUT2D eigenvalue weighted by atomic mass is 35.5. The van der Waals surface area contributed by atoms with E-state index in [0.29, 0.717) is 18.1 Å². The molecule has 2 rings (SSSR count). The predicted octanol–water partition coefficient (Wildman–Crippen LogP) is 3.07. The van der Waals surface area contributed by atoms with Gasteiger partial charge in [-0.05, 0) is 24.3 Å². The highest BCUT2D eigenvalue weighted by molar-refractivity contribution is 6.31. The van der Waals surface area contributed by atoms with Crippen LogP contribution in [0, 0.1) is 5.92 Å². The number of rotatable bonds is 5. The van der Waals surface area contributed by atoms with Crippen molar-refractivity contribution in [3.63, 3.8) is 0 Å². The van der Waals surface area contributed by atoms with Gasteiger partial charge >= 0.3 is 0 Å². The predicted molar refractivity (Wildman–Crippen MR) is 83.1 cm³/mol. The molecule has 1 aromatic heterocycles. The molecule has 20 heavy (non-hydrogen) atoms. The number of benzene rings is 1. The molecule has 2 N–H and O–H groups in total.